The maximum Gasteiger partial charge on any atom is 0.220 e. The van der Waals surface area contributed by atoms with Crippen LogP contribution >= 0.6 is 0 Å². The molecule has 0 saturated carbocycles. The van der Waals surface area contributed by atoms with Crippen LogP contribution in [-0.2, 0) is 4.79 Å². The van der Waals surface area contributed by atoms with Gasteiger partial charge in [0.25, 0.3) is 0 Å². The molecule has 0 fully saturated rings. The van der Waals surface area contributed by atoms with Gasteiger partial charge >= 0.3 is 0 Å². The molecular weight excluding hydrogens is 554 g/mol. The van der Waals surface area contributed by atoms with Crippen molar-refractivity contribution in [3.8, 4) is 0 Å². The van der Waals surface area contributed by atoms with Gasteiger partial charge in [-0.25, -0.2) is 0 Å². The van der Waals surface area contributed by atoms with Crippen molar-refractivity contribution in [2.75, 3.05) is 6.61 Å². The van der Waals surface area contributed by atoms with Gasteiger partial charge in [-0.05, 0) is 19.3 Å². The molecule has 4 nitrogen and oxygen atoms in total. The predicted molar refractivity (Wildman–Crippen MR) is 198 cm³/mol. The summed E-state index contributed by atoms with van der Waals surface area (Å²) in [6.45, 7) is 4.32. The highest BCUT2D eigenvalue weighted by Gasteiger charge is 2.17. The Morgan fingerprint density at radius 1 is 0.511 bits per heavy atom. The molecule has 0 heterocycles. The molecule has 0 aromatic carbocycles. The van der Waals surface area contributed by atoms with Gasteiger partial charge in [-0.3, -0.25) is 4.79 Å². The normalized spacial score (nSPS) is 13.1. The van der Waals surface area contributed by atoms with Gasteiger partial charge < -0.3 is 15.5 Å². The number of hydrogen-bond acceptors (Lipinski definition) is 3. The standard InChI is InChI=1S/C41H81NO3/c1-3-5-7-9-11-13-15-17-19-20-21-23-25-27-29-31-33-35-37-41(45)42-39(38-43)40(44)36-34-32-30-28-26-24-22-18-16-14-12-10-8-6-4-2/h34,36,39-40,43-44H,3-33,35,37-38H2,1-2H3,(H,42,45)/b36-34+/t39-,40+/m0/s1. The zero-order valence-electron chi connectivity index (χ0n) is 30.7. The lowest BCUT2D eigenvalue weighted by atomic mass is 10.0. The third kappa shape index (κ3) is 34.3. The molecule has 4 heteroatoms. The van der Waals surface area contributed by atoms with Crippen LogP contribution in [-0.4, -0.2) is 34.9 Å². The van der Waals surface area contributed by atoms with Crippen LogP contribution in [0.1, 0.15) is 226 Å². The van der Waals surface area contributed by atoms with Crippen LogP contribution in [0.2, 0.25) is 0 Å². The maximum atomic E-state index is 12.3. The number of amides is 1. The molecule has 45 heavy (non-hydrogen) atoms. The molecule has 268 valence electrons. The van der Waals surface area contributed by atoms with Crippen molar-refractivity contribution in [1.82, 2.24) is 5.32 Å². The summed E-state index contributed by atoms with van der Waals surface area (Å²) in [4.78, 5) is 12.3. The van der Waals surface area contributed by atoms with Crippen LogP contribution in [0.15, 0.2) is 12.2 Å². The Morgan fingerprint density at radius 3 is 1.16 bits per heavy atom. The summed E-state index contributed by atoms with van der Waals surface area (Å²) in [7, 11) is 0. The fraction of sp³-hybridized carbons (Fsp3) is 0.927. The number of unbranched alkanes of at least 4 members (excludes halogenated alkanes) is 30. The third-order valence-electron chi connectivity index (χ3n) is 9.52. The molecule has 0 aromatic rings. The van der Waals surface area contributed by atoms with Crippen molar-refractivity contribution in [2.45, 2.75) is 238 Å². The smallest absolute Gasteiger partial charge is 0.220 e. The van der Waals surface area contributed by atoms with Crippen molar-refractivity contribution in [1.29, 1.82) is 0 Å². The van der Waals surface area contributed by atoms with Crippen LogP contribution in [0.4, 0.5) is 0 Å². The van der Waals surface area contributed by atoms with Gasteiger partial charge in [-0.15, -0.1) is 0 Å². The van der Waals surface area contributed by atoms with Crippen molar-refractivity contribution in [2.24, 2.45) is 0 Å². The molecule has 0 aliphatic heterocycles. The lowest BCUT2D eigenvalue weighted by molar-refractivity contribution is -0.123. The van der Waals surface area contributed by atoms with E-state index >= 15 is 0 Å². The SMILES string of the molecule is CCCCCCCCCCCCCCC/C=C/[C@@H](O)[C@H](CO)NC(=O)CCCCCCCCCCCCCCCCCCCC. The Kier molecular flexibility index (Phi) is 36.9. The number of carbonyl (C=O) groups is 1. The molecule has 0 bridgehead atoms. The predicted octanol–water partition coefficient (Wildman–Crippen LogP) is 12.3. The first-order chi connectivity index (χ1) is 22.2. The van der Waals surface area contributed by atoms with Crippen molar-refractivity contribution in [3.63, 3.8) is 0 Å². The van der Waals surface area contributed by atoms with Gasteiger partial charge in [0.2, 0.25) is 5.91 Å². The van der Waals surface area contributed by atoms with E-state index in [4.69, 9.17) is 0 Å². The molecule has 0 rings (SSSR count). The number of aliphatic hydroxyl groups excluding tert-OH is 2. The van der Waals surface area contributed by atoms with Crippen LogP contribution in [0.25, 0.3) is 0 Å². The van der Waals surface area contributed by atoms with E-state index in [0.29, 0.717) is 6.42 Å². The summed E-state index contributed by atoms with van der Waals surface area (Å²) in [5.74, 6) is -0.0607. The minimum atomic E-state index is -0.832. The summed E-state index contributed by atoms with van der Waals surface area (Å²) in [5.41, 5.74) is 0. The minimum Gasteiger partial charge on any atom is -0.394 e. The second kappa shape index (κ2) is 37.6. The monoisotopic (exact) mass is 636 g/mol. The number of nitrogens with one attached hydrogen (secondary N) is 1. The van der Waals surface area contributed by atoms with Crippen LogP contribution in [0, 0.1) is 0 Å². The number of hydrogen-bond donors (Lipinski definition) is 3. The second-order valence-electron chi connectivity index (χ2n) is 14.1. The van der Waals surface area contributed by atoms with Gasteiger partial charge in [-0.1, -0.05) is 212 Å². The lowest BCUT2D eigenvalue weighted by Gasteiger charge is -2.20. The first-order valence-corrected chi connectivity index (χ1v) is 20.4. The molecule has 0 aromatic heterocycles. The Labute approximate surface area is 282 Å². The molecule has 2 atom stereocenters. The first kappa shape index (κ1) is 44.1. The fourth-order valence-corrected chi connectivity index (χ4v) is 6.35. The van der Waals surface area contributed by atoms with Gasteiger partial charge in [0, 0.05) is 6.42 Å². The van der Waals surface area contributed by atoms with E-state index in [2.05, 4.69) is 19.2 Å². The molecule has 0 aliphatic carbocycles. The Morgan fingerprint density at radius 2 is 0.822 bits per heavy atom. The van der Waals surface area contributed by atoms with Crippen molar-refractivity contribution < 1.29 is 15.0 Å². The van der Waals surface area contributed by atoms with Crippen molar-refractivity contribution in [3.05, 3.63) is 12.2 Å². The average molecular weight is 636 g/mol. The summed E-state index contributed by atoms with van der Waals surface area (Å²) < 4.78 is 0. The zero-order chi connectivity index (χ0) is 32.9. The lowest BCUT2D eigenvalue weighted by Crippen LogP contribution is -2.45. The van der Waals surface area contributed by atoms with E-state index in [0.717, 1.165) is 25.7 Å². The maximum absolute atomic E-state index is 12.3. The molecule has 1 amide bonds. The first-order valence-electron chi connectivity index (χ1n) is 20.4. The summed E-state index contributed by atoms with van der Waals surface area (Å²) in [5, 5.41) is 23.0. The molecule has 0 aliphatic rings. The summed E-state index contributed by atoms with van der Waals surface area (Å²) in [6, 6.07) is -0.615. The van der Waals surface area contributed by atoms with E-state index in [-0.39, 0.29) is 12.5 Å². The van der Waals surface area contributed by atoms with E-state index in [1.165, 1.54) is 180 Å². The summed E-state index contributed by atoms with van der Waals surface area (Å²) in [6.07, 6.45) is 45.9. The molecule has 3 N–H and O–H groups in total. The second-order valence-corrected chi connectivity index (χ2v) is 14.1. The van der Waals surface area contributed by atoms with Crippen molar-refractivity contribution >= 4 is 5.91 Å². The highest BCUT2D eigenvalue weighted by molar-refractivity contribution is 5.76. The van der Waals surface area contributed by atoms with E-state index < -0.39 is 12.1 Å². The van der Waals surface area contributed by atoms with Gasteiger partial charge in [0.15, 0.2) is 0 Å². The quantitative estimate of drug-likeness (QED) is 0.0470. The number of rotatable bonds is 37. The van der Waals surface area contributed by atoms with Crippen LogP contribution < -0.4 is 5.32 Å². The molecular formula is C41H81NO3. The molecule has 0 radical (unpaired) electrons. The fourth-order valence-electron chi connectivity index (χ4n) is 6.35. The van der Waals surface area contributed by atoms with Gasteiger partial charge in [0.05, 0.1) is 18.8 Å². The van der Waals surface area contributed by atoms with Crippen LogP contribution in [0.3, 0.4) is 0 Å². The van der Waals surface area contributed by atoms with E-state index in [9.17, 15) is 15.0 Å². The number of carbonyl (C=O) groups excluding carboxylic acids is 1. The average Bonchev–Trinajstić information content (AvgIpc) is 3.04. The minimum absolute atomic E-state index is 0.0607. The Hall–Kier alpha value is -0.870. The third-order valence-corrected chi connectivity index (χ3v) is 9.52. The topological polar surface area (TPSA) is 69.6 Å². The molecule has 0 saturated heterocycles. The van der Waals surface area contributed by atoms with E-state index in [1.807, 2.05) is 6.08 Å². The Bertz CT molecular complexity index is 608. The molecule has 0 unspecified atom stereocenters. The largest absolute Gasteiger partial charge is 0.394 e. The highest BCUT2D eigenvalue weighted by Crippen LogP contribution is 2.16. The van der Waals surface area contributed by atoms with Gasteiger partial charge in [-0.2, -0.15) is 0 Å². The summed E-state index contributed by atoms with van der Waals surface area (Å²) >= 11 is 0. The highest BCUT2D eigenvalue weighted by atomic mass is 16.3. The van der Waals surface area contributed by atoms with Gasteiger partial charge in [0.1, 0.15) is 0 Å². The van der Waals surface area contributed by atoms with Crippen LogP contribution in [0.5, 0.6) is 0 Å². The number of aliphatic hydroxyl groups is 2. The Balaban J connectivity index is 3.55. The van der Waals surface area contributed by atoms with E-state index in [1.54, 1.807) is 6.08 Å². The molecule has 0 spiro atoms. The zero-order valence-corrected chi connectivity index (χ0v) is 30.7. The number of allylic oxidation sites excluding steroid dienone is 1.